The smallest absolute Gasteiger partial charge is 0.701 e. The summed E-state index contributed by atoms with van der Waals surface area (Å²) in [6, 6.07) is 0.0417. The van der Waals surface area contributed by atoms with E-state index in [1.54, 1.807) is 11.2 Å². The molecule has 1 heterocycles. The third-order valence-corrected chi connectivity index (χ3v) is 2.11. The molecule has 4 heteroatoms. The molecule has 1 fully saturated rings. The molecule has 0 radical (unpaired) electrons. The third-order valence-electron chi connectivity index (χ3n) is 1.67. The number of Topliss-reactive ketones (excluding diaryl/α,β-unsaturated/α-hetero) is 1. The van der Waals surface area contributed by atoms with Crippen LogP contribution in [0.5, 0.6) is 0 Å². The maximum Gasteiger partial charge on any atom is 1.00 e. The van der Waals surface area contributed by atoms with E-state index in [-0.39, 0.29) is 63.2 Å². The van der Waals surface area contributed by atoms with Crippen LogP contribution in [0.3, 0.4) is 0 Å². The van der Waals surface area contributed by atoms with E-state index < -0.39 is 0 Å². The summed E-state index contributed by atoms with van der Waals surface area (Å²) in [5.74, 6) is 0.211. The minimum Gasteiger partial charge on any atom is -0.701 e. The molecule has 10 heavy (non-hydrogen) atoms. The molecular weight excluding hydrogens is 173 g/mol. The Kier molecular flexibility index (Phi) is 6.15. The predicted molar refractivity (Wildman–Crippen MR) is 37.8 cm³/mol. The van der Waals surface area contributed by atoms with E-state index in [1.807, 2.05) is 0 Å². The number of carbonyl (C=O) groups is 1. The molecule has 1 saturated heterocycles. The van der Waals surface area contributed by atoms with Crippen molar-refractivity contribution < 1.29 is 56.2 Å². The molecule has 2 nitrogen and oxygen atoms in total. The topological polar surface area (TPSA) is 20.3 Å². The van der Waals surface area contributed by atoms with E-state index in [0.717, 1.165) is 19.4 Å². The third kappa shape index (κ3) is 2.93. The maximum atomic E-state index is 10.7. The number of hydrogen-bond acceptors (Lipinski definition) is 3. The zero-order chi connectivity index (χ0) is 6.85. The van der Waals surface area contributed by atoms with E-state index in [4.69, 9.17) is 12.8 Å². The number of hydrogen-bond donors (Lipinski definition) is 0. The van der Waals surface area contributed by atoms with Gasteiger partial charge in [-0.1, -0.05) is 0 Å². The summed E-state index contributed by atoms with van der Waals surface area (Å²) in [4.78, 5) is 10.7. The van der Waals surface area contributed by atoms with Crippen molar-refractivity contribution >= 4 is 18.6 Å². The van der Waals surface area contributed by atoms with Gasteiger partial charge in [-0.2, -0.15) is 0 Å². The van der Waals surface area contributed by atoms with Crippen LogP contribution in [0.25, 0.3) is 0 Å². The first-order valence-corrected chi connectivity index (χ1v) is 3.52. The van der Waals surface area contributed by atoms with Crippen LogP contribution in [0.2, 0.25) is 0 Å². The Morgan fingerprint density at radius 2 is 2.30 bits per heavy atom. The van der Waals surface area contributed by atoms with Gasteiger partial charge in [0.2, 0.25) is 0 Å². The molecule has 1 aliphatic heterocycles. The first-order chi connectivity index (χ1) is 4.22. The van der Waals surface area contributed by atoms with Crippen LogP contribution in [-0.2, 0) is 17.6 Å². The van der Waals surface area contributed by atoms with Gasteiger partial charge in [0.1, 0.15) is 5.78 Å². The van der Waals surface area contributed by atoms with Gasteiger partial charge in [0.15, 0.2) is 0 Å². The molecule has 0 aromatic rings. The summed E-state index contributed by atoms with van der Waals surface area (Å²) in [5, 5.41) is 0. The SMILES string of the molecule is CC(=O)C1CCCN1[S-].[K+]. The molecule has 0 amide bonds. The normalized spacial score (nSPS) is 26.0. The molecule has 0 bridgehead atoms. The zero-order valence-electron chi connectivity index (χ0n) is 6.46. The summed E-state index contributed by atoms with van der Waals surface area (Å²) in [6.45, 7) is 2.51. The zero-order valence-corrected chi connectivity index (χ0v) is 10.4. The van der Waals surface area contributed by atoms with Crippen molar-refractivity contribution in [2.75, 3.05) is 6.54 Å². The number of carbonyl (C=O) groups excluding carboxylic acids is 1. The van der Waals surface area contributed by atoms with Crippen molar-refractivity contribution in [2.24, 2.45) is 0 Å². The van der Waals surface area contributed by atoms with E-state index >= 15 is 0 Å². The van der Waals surface area contributed by atoms with Gasteiger partial charge in [-0.25, -0.2) is 0 Å². The Morgan fingerprint density at radius 3 is 2.50 bits per heavy atom. The van der Waals surface area contributed by atoms with Crippen LogP contribution in [0.4, 0.5) is 0 Å². The van der Waals surface area contributed by atoms with Crippen molar-refractivity contribution in [3.63, 3.8) is 0 Å². The molecule has 0 spiro atoms. The Balaban J connectivity index is 0.000000810. The number of rotatable bonds is 1. The first-order valence-electron chi connectivity index (χ1n) is 3.16. The van der Waals surface area contributed by atoms with E-state index in [2.05, 4.69) is 0 Å². The molecule has 0 aromatic carbocycles. The Morgan fingerprint density at radius 1 is 1.70 bits per heavy atom. The molecule has 1 aliphatic rings. The number of nitrogens with zero attached hydrogens (tertiary/aromatic N) is 1. The standard InChI is InChI=1S/C6H10NOS.K/c1-5(8)6-3-2-4-7(6)9;/h6H,2-4H2,1H3;/q-1;+1. The van der Waals surface area contributed by atoms with Gasteiger partial charge in [0, 0.05) is 6.04 Å². The van der Waals surface area contributed by atoms with Crippen molar-refractivity contribution in [1.82, 2.24) is 4.31 Å². The number of ketones is 1. The summed E-state index contributed by atoms with van der Waals surface area (Å²) in [7, 11) is 0. The fraction of sp³-hybridized carbons (Fsp3) is 0.833. The van der Waals surface area contributed by atoms with Gasteiger partial charge in [-0.3, -0.25) is 4.79 Å². The molecule has 0 saturated carbocycles. The fourth-order valence-electron chi connectivity index (χ4n) is 1.15. The van der Waals surface area contributed by atoms with Crippen molar-refractivity contribution in [1.29, 1.82) is 0 Å². The Hall–Kier alpha value is 1.62. The van der Waals surface area contributed by atoms with Crippen LogP contribution in [0.15, 0.2) is 0 Å². The molecule has 1 atom stereocenters. The van der Waals surface area contributed by atoms with Crippen molar-refractivity contribution in [2.45, 2.75) is 25.8 Å². The van der Waals surface area contributed by atoms with Crippen LogP contribution < -0.4 is 51.4 Å². The molecule has 1 rings (SSSR count). The van der Waals surface area contributed by atoms with Gasteiger partial charge in [-0.05, 0) is 26.3 Å². The van der Waals surface area contributed by atoms with Crippen LogP contribution in [-0.4, -0.2) is 22.7 Å². The Labute approximate surface area is 110 Å². The average molecular weight is 183 g/mol. The second-order valence-corrected chi connectivity index (χ2v) is 2.88. The molecule has 0 N–H and O–H groups in total. The van der Waals surface area contributed by atoms with Gasteiger partial charge in [0.25, 0.3) is 0 Å². The van der Waals surface area contributed by atoms with Crippen molar-refractivity contribution in [3.8, 4) is 0 Å². The molecule has 52 valence electrons. The van der Waals surface area contributed by atoms with Gasteiger partial charge in [-0.15, -0.1) is 0 Å². The second kappa shape index (κ2) is 5.30. The summed E-state index contributed by atoms with van der Waals surface area (Å²) < 4.78 is 1.71. The summed E-state index contributed by atoms with van der Waals surface area (Å²) >= 11 is 4.91. The molecule has 0 aromatic heterocycles. The van der Waals surface area contributed by atoms with Crippen LogP contribution in [0, 0.1) is 0 Å². The molecule has 1 unspecified atom stereocenters. The van der Waals surface area contributed by atoms with Crippen molar-refractivity contribution in [3.05, 3.63) is 0 Å². The minimum atomic E-state index is 0. The van der Waals surface area contributed by atoms with Gasteiger partial charge < -0.3 is 17.1 Å². The fourth-order valence-corrected chi connectivity index (χ4v) is 1.53. The average Bonchev–Trinajstić information content (AvgIpc) is 2.13. The molecular formula is C6H10KNOS. The van der Waals surface area contributed by atoms with Crippen LogP contribution >= 0.6 is 0 Å². The molecule has 0 aliphatic carbocycles. The van der Waals surface area contributed by atoms with E-state index in [9.17, 15) is 4.79 Å². The first kappa shape index (κ1) is 11.6. The largest absolute Gasteiger partial charge is 1.00 e. The van der Waals surface area contributed by atoms with E-state index in [0.29, 0.717) is 0 Å². The maximum absolute atomic E-state index is 10.7. The monoisotopic (exact) mass is 183 g/mol. The Bertz CT molecular complexity index is 131. The second-order valence-electron chi connectivity index (χ2n) is 2.41. The van der Waals surface area contributed by atoms with Gasteiger partial charge >= 0.3 is 51.4 Å². The van der Waals surface area contributed by atoms with Gasteiger partial charge in [0.05, 0.1) is 0 Å². The quantitative estimate of drug-likeness (QED) is 0.331. The van der Waals surface area contributed by atoms with Crippen LogP contribution in [0.1, 0.15) is 19.8 Å². The predicted octanol–water partition coefficient (Wildman–Crippen LogP) is -2.49. The summed E-state index contributed by atoms with van der Waals surface area (Å²) in [6.07, 6.45) is 2.03. The summed E-state index contributed by atoms with van der Waals surface area (Å²) in [5.41, 5.74) is 0. The minimum absolute atomic E-state index is 0. The van der Waals surface area contributed by atoms with E-state index in [1.165, 1.54) is 0 Å².